The summed E-state index contributed by atoms with van der Waals surface area (Å²) in [6, 6.07) is 12.6. The van der Waals surface area contributed by atoms with Crippen molar-refractivity contribution < 1.29 is 4.39 Å². The minimum atomic E-state index is -0.229. The van der Waals surface area contributed by atoms with Crippen LogP contribution in [0, 0.1) is 5.82 Å². The summed E-state index contributed by atoms with van der Waals surface area (Å²) in [4.78, 5) is 1.93. The molecule has 0 atom stereocenters. The fraction of sp³-hybridized carbons (Fsp3) is 0.200. The normalized spacial score (nSPS) is 10.5. The van der Waals surface area contributed by atoms with Crippen LogP contribution in [0.15, 0.2) is 46.9 Å². The number of nitrogens with zero attached hydrogens (tertiary/aromatic N) is 1. The molecule has 0 spiro atoms. The highest BCUT2D eigenvalue weighted by Crippen LogP contribution is 2.33. The fourth-order valence-corrected chi connectivity index (χ4v) is 2.66. The lowest BCUT2D eigenvalue weighted by Gasteiger charge is -2.26. The van der Waals surface area contributed by atoms with Gasteiger partial charge >= 0.3 is 0 Å². The van der Waals surface area contributed by atoms with Crippen molar-refractivity contribution in [2.45, 2.75) is 13.5 Å². The number of hydrogen-bond donors (Lipinski definition) is 1. The molecule has 0 aliphatic rings. The largest absolute Gasteiger partial charge is 0.339 e. The van der Waals surface area contributed by atoms with E-state index in [-0.39, 0.29) is 5.82 Å². The smallest absolute Gasteiger partial charge is 0.146 e. The molecule has 2 nitrogen and oxygen atoms in total. The maximum atomic E-state index is 14.0. The number of benzene rings is 2. The van der Waals surface area contributed by atoms with Gasteiger partial charge in [0.25, 0.3) is 0 Å². The van der Waals surface area contributed by atoms with E-state index in [0.29, 0.717) is 18.8 Å². The lowest BCUT2D eigenvalue weighted by molar-refractivity contribution is 0.625. The standard InChI is InChI=1S/C15H16BrFN2/c1-2-19(15-8-4-3-7-13(15)17)14-9-5-6-12(16)11(14)10-18/h3-9H,2,10,18H2,1H3. The molecule has 0 aliphatic carbocycles. The van der Waals surface area contributed by atoms with E-state index in [1.54, 1.807) is 12.1 Å². The van der Waals surface area contributed by atoms with Crippen molar-refractivity contribution in [1.82, 2.24) is 0 Å². The summed E-state index contributed by atoms with van der Waals surface area (Å²) in [5, 5.41) is 0. The van der Waals surface area contributed by atoms with Crippen LogP contribution in [-0.4, -0.2) is 6.54 Å². The molecule has 0 fully saturated rings. The van der Waals surface area contributed by atoms with Crippen LogP contribution in [0.25, 0.3) is 0 Å². The Balaban J connectivity index is 2.55. The Bertz CT molecular complexity index is 572. The first-order valence-corrected chi connectivity index (χ1v) is 6.97. The molecule has 2 aromatic rings. The average molecular weight is 323 g/mol. The number of nitrogens with two attached hydrogens (primary N) is 1. The molecule has 0 aliphatic heterocycles. The molecule has 19 heavy (non-hydrogen) atoms. The van der Waals surface area contributed by atoms with Crippen LogP contribution in [0.1, 0.15) is 12.5 Å². The van der Waals surface area contributed by atoms with Gasteiger partial charge in [0.05, 0.1) is 5.69 Å². The zero-order chi connectivity index (χ0) is 13.8. The van der Waals surface area contributed by atoms with E-state index in [1.807, 2.05) is 36.1 Å². The van der Waals surface area contributed by atoms with E-state index in [1.165, 1.54) is 6.07 Å². The summed E-state index contributed by atoms with van der Waals surface area (Å²) in [6.07, 6.45) is 0. The molecular formula is C15H16BrFN2. The highest BCUT2D eigenvalue weighted by Gasteiger charge is 2.15. The Morgan fingerprint density at radius 1 is 1.11 bits per heavy atom. The second kappa shape index (κ2) is 6.17. The van der Waals surface area contributed by atoms with Crippen molar-refractivity contribution in [2.24, 2.45) is 5.73 Å². The van der Waals surface area contributed by atoms with Crippen molar-refractivity contribution >= 4 is 27.3 Å². The maximum absolute atomic E-state index is 14.0. The van der Waals surface area contributed by atoms with E-state index < -0.39 is 0 Å². The second-order valence-electron chi connectivity index (χ2n) is 4.14. The van der Waals surface area contributed by atoms with Gasteiger partial charge in [0.1, 0.15) is 5.82 Å². The van der Waals surface area contributed by atoms with Gasteiger partial charge < -0.3 is 10.6 Å². The van der Waals surface area contributed by atoms with E-state index in [4.69, 9.17) is 5.73 Å². The summed E-state index contributed by atoms with van der Waals surface area (Å²) in [5.74, 6) is -0.229. The molecule has 0 heterocycles. The molecular weight excluding hydrogens is 307 g/mol. The molecule has 2 N–H and O–H groups in total. The Labute approximate surface area is 121 Å². The van der Waals surface area contributed by atoms with Crippen molar-refractivity contribution in [3.05, 3.63) is 58.3 Å². The number of anilines is 2. The zero-order valence-corrected chi connectivity index (χ0v) is 12.3. The predicted octanol–water partition coefficient (Wildman–Crippen LogP) is 4.20. The SMILES string of the molecule is CCN(c1ccccc1F)c1cccc(Br)c1CN. The van der Waals surface area contributed by atoms with Crippen molar-refractivity contribution in [1.29, 1.82) is 0 Å². The van der Waals surface area contributed by atoms with Gasteiger partial charge in [-0.25, -0.2) is 4.39 Å². The number of halogens is 2. The maximum Gasteiger partial charge on any atom is 0.146 e. The van der Waals surface area contributed by atoms with Crippen LogP contribution in [0.3, 0.4) is 0 Å². The van der Waals surface area contributed by atoms with Crippen LogP contribution >= 0.6 is 15.9 Å². The van der Waals surface area contributed by atoms with Gasteiger partial charge in [-0.3, -0.25) is 0 Å². The van der Waals surface area contributed by atoms with Gasteiger partial charge in [0, 0.05) is 28.8 Å². The summed E-state index contributed by atoms with van der Waals surface area (Å²) < 4.78 is 14.9. The van der Waals surface area contributed by atoms with Crippen molar-refractivity contribution in [3.63, 3.8) is 0 Å². The number of rotatable bonds is 4. The molecule has 4 heteroatoms. The highest BCUT2D eigenvalue weighted by atomic mass is 79.9. The van der Waals surface area contributed by atoms with Crippen LogP contribution in [0.5, 0.6) is 0 Å². The van der Waals surface area contributed by atoms with Crippen LogP contribution in [-0.2, 0) is 6.54 Å². The van der Waals surface area contributed by atoms with Crippen LogP contribution < -0.4 is 10.6 Å². The summed E-state index contributed by atoms with van der Waals surface area (Å²) in [7, 11) is 0. The quantitative estimate of drug-likeness (QED) is 0.913. The van der Waals surface area contributed by atoms with Gasteiger partial charge in [0.2, 0.25) is 0 Å². The monoisotopic (exact) mass is 322 g/mol. The van der Waals surface area contributed by atoms with Gasteiger partial charge in [0.15, 0.2) is 0 Å². The molecule has 0 saturated carbocycles. The first-order chi connectivity index (χ1) is 9.19. The van der Waals surface area contributed by atoms with Crippen LogP contribution in [0.2, 0.25) is 0 Å². The molecule has 0 bridgehead atoms. The molecule has 2 rings (SSSR count). The molecule has 100 valence electrons. The predicted molar refractivity (Wildman–Crippen MR) is 81.1 cm³/mol. The summed E-state index contributed by atoms with van der Waals surface area (Å²) in [6.45, 7) is 3.07. The fourth-order valence-electron chi connectivity index (χ4n) is 2.14. The first-order valence-electron chi connectivity index (χ1n) is 6.18. The van der Waals surface area contributed by atoms with E-state index in [2.05, 4.69) is 15.9 Å². The Morgan fingerprint density at radius 2 is 1.79 bits per heavy atom. The molecule has 0 radical (unpaired) electrons. The molecule has 0 unspecified atom stereocenters. The van der Waals surface area contributed by atoms with E-state index >= 15 is 0 Å². The molecule has 0 aromatic heterocycles. The summed E-state index contributed by atoms with van der Waals surface area (Å²) in [5.41, 5.74) is 8.29. The average Bonchev–Trinajstić information content (AvgIpc) is 2.42. The van der Waals surface area contributed by atoms with E-state index in [0.717, 1.165) is 15.7 Å². The highest BCUT2D eigenvalue weighted by molar-refractivity contribution is 9.10. The number of hydrogen-bond acceptors (Lipinski definition) is 2. The Morgan fingerprint density at radius 3 is 2.42 bits per heavy atom. The van der Waals surface area contributed by atoms with Crippen molar-refractivity contribution in [2.75, 3.05) is 11.4 Å². The van der Waals surface area contributed by atoms with E-state index in [9.17, 15) is 4.39 Å². The lowest BCUT2D eigenvalue weighted by Crippen LogP contribution is -2.20. The van der Waals surface area contributed by atoms with Crippen molar-refractivity contribution in [3.8, 4) is 0 Å². The topological polar surface area (TPSA) is 29.3 Å². The Kier molecular flexibility index (Phi) is 4.56. The molecule has 2 aromatic carbocycles. The van der Waals surface area contributed by atoms with Gasteiger partial charge in [-0.15, -0.1) is 0 Å². The second-order valence-corrected chi connectivity index (χ2v) is 4.99. The summed E-state index contributed by atoms with van der Waals surface area (Å²) >= 11 is 3.50. The third-order valence-corrected chi connectivity index (χ3v) is 3.79. The molecule has 0 amide bonds. The third kappa shape index (κ3) is 2.80. The minimum absolute atomic E-state index is 0.229. The number of para-hydroxylation sites is 1. The van der Waals surface area contributed by atoms with Gasteiger partial charge in [-0.1, -0.05) is 34.1 Å². The van der Waals surface area contributed by atoms with Gasteiger partial charge in [-0.2, -0.15) is 0 Å². The molecule has 0 saturated heterocycles. The Hall–Kier alpha value is -1.39. The lowest BCUT2D eigenvalue weighted by atomic mass is 10.1. The zero-order valence-electron chi connectivity index (χ0n) is 10.7. The minimum Gasteiger partial charge on any atom is -0.339 e. The van der Waals surface area contributed by atoms with Gasteiger partial charge in [-0.05, 0) is 31.2 Å². The first kappa shape index (κ1) is 14.0. The third-order valence-electron chi connectivity index (χ3n) is 3.05. The van der Waals surface area contributed by atoms with Crippen LogP contribution in [0.4, 0.5) is 15.8 Å².